The van der Waals surface area contributed by atoms with Gasteiger partial charge in [0.2, 0.25) is 11.8 Å². The first-order chi connectivity index (χ1) is 11.7. The summed E-state index contributed by atoms with van der Waals surface area (Å²) >= 11 is 0. The van der Waals surface area contributed by atoms with Gasteiger partial charge in [0, 0.05) is 12.7 Å². The zero-order valence-corrected chi connectivity index (χ0v) is 13.3. The number of carbonyl (C=O) groups is 2. The van der Waals surface area contributed by atoms with Crippen molar-refractivity contribution in [3.05, 3.63) is 60.4 Å². The Balaban J connectivity index is 1.78. The molecule has 6 nitrogen and oxygen atoms in total. The van der Waals surface area contributed by atoms with Crippen molar-refractivity contribution in [1.82, 2.24) is 10.3 Å². The van der Waals surface area contributed by atoms with Crippen LogP contribution in [-0.2, 0) is 9.59 Å². The average molecular weight is 324 g/mol. The molecule has 1 aromatic heterocycles. The molecular weight excluding hydrogens is 304 g/mol. The Bertz CT molecular complexity index is 705. The molecule has 1 aliphatic heterocycles. The summed E-state index contributed by atoms with van der Waals surface area (Å²) in [6.45, 7) is 0.648. The standard InChI is InChI=1S/C18H20N4O2/c19-17(23)16(13-6-2-1-3-7-13)21-15-9-5-11-22(18(15)24)14-8-4-10-20-12-14/h1-4,6-8,10,12,15-16,21H,5,9,11H2,(H2,19,23)/t15-,16+/m0/s1. The van der Waals surface area contributed by atoms with Crippen LogP contribution in [0, 0.1) is 0 Å². The number of carbonyl (C=O) groups excluding carboxylic acids is 2. The largest absolute Gasteiger partial charge is 0.368 e. The summed E-state index contributed by atoms with van der Waals surface area (Å²) in [4.78, 5) is 30.4. The molecule has 3 rings (SSSR count). The number of amides is 2. The van der Waals surface area contributed by atoms with Crippen molar-refractivity contribution < 1.29 is 9.59 Å². The lowest BCUT2D eigenvalue weighted by Gasteiger charge is -2.34. The van der Waals surface area contributed by atoms with E-state index in [-0.39, 0.29) is 5.91 Å². The van der Waals surface area contributed by atoms with Gasteiger partial charge >= 0.3 is 0 Å². The monoisotopic (exact) mass is 324 g/mol. The van der Waals surface area contributed by atoms with E-state index in [1.54, 1.807) is 23.4 Å². The van der Waals surface area contributed by atoms with Gasteiger partial charge < -0.3 is 10.6 Å². The fourth-order valence-electron chi connectivity index (χ4n) is 2.99. The highest BCUT2D eigenvalue weighted by Gasteiger charge is 2.32. The molecule has 3 N–H and O–H groups in total. The molecule has 2 atom stereocenters. The molecule has 1 fully saturated rings. The fraction of sp³-hybridized carbons (Fsp3) is 0.278. The summed E-state index contributed by atoms with van der Waals surface area (Å²) in [6.07, 6.45) is 4.86. The Hall–Kier alpha value is -2.73. The maximum atomic E-state index is 12.8. The van der Waals surface area contributed by atoms with Crippen molar-refractivity contribution in [3.8, 4) is 0 Å². The van der Waals surface area contributed by atoms with Gasteiger partial charge in [-0.3, -0.25) is 19.9 Å². The second kappa shape index (κ2) is 7.23. The first-order valence-corrected chi connectivity index (χ1v) is 7.98. The number of primary amides is 1. The van der Waals surface area contributed by atoms with Gasteiger partial charge in [-0.25, -0.2) is 0 Å². The molecule has 24 heavy (non-hydrogen) atoms. The van der Waals surface area contributed by atoms with Gasteiger partial charge in [-0.1, -0.05) is 30.3 Å². The maximum Gasteiger partial charge on any atom is 0.244 e. The molecular formula is C18H20N4O2. The molecule has 0 spiro atoms. The second-order valence-electron chi connectivity index (χ2n) is 5.81. The molecule has 1 saturated heterocycles. The Morgan fingerprint density at radius 1 is 1.25 bits per heavy atom. The highest BCUT2D eigenvalue weighted by molar-refractivity contribution is 5.98. The van der Waals surface area contributed by atoms with Gasteiger partial charge in [-0.2, -0.15) is 0 Å². The van der Waals surface area contributed by atoms with E-state index in [0.717, 1.165) is 17.7 Å². The number of piperidine rings is 1. The first-order valence-electron chi connectivity index (χ1n) is 7.98. The minimum atomic E-state index is -0.686. The van der Waals surface area contributed by atoms with Crippen molar-refractivity contribution in [2.45, 2.75) is 24.9 Å². The summed E-state index contributed by atoms with van der Waals surface area (Å²) in [7, 11) is 0. The molecule has 1 aliphatic rings. The van der Waals surface area contributed by atoms with Crippen LogP contribution in [0.1, 0.15) is 24.4 Å². The molecule has 2 amide bonds. The quantitative estimate of drug-likeness (QED) is 0.870. The van der Waals surface area contributed by atoms with Crippen molar-refractivity contribution >= 4 is 17.5 Å². The van der Waals surface area contributed by atoms with Gasteiger partial charge in [-0.15, -0.1) is 0 Å². The number of anilines is 1. The summed E-state index contributed by atoms with van der Waals surface area (Å²) in [5, 5.41) is 3.14. The maximum absolute atomic E-state index is 12.8. The van der Waals surface area contributed by atoms with E-state index in [9.17, 15) is 9.59 Å². The topological polar surface area (TPSA) is 88.3 Å². The third-order valence-electron chi connectivity index (χ3n) is 4.18. The number of hydrogen-bond donors (Lipinski definition) is 2. The van der Waals surface area contributed by atoms with E-state index >= 15 is 0 Å². The van der Waals surface area contributed by atoms with E-state index in [4.69, 9.17) is 5.73 Å². The molecule has 124 valence electrons. The van der Waals surface area contributed by atoms with Crippen LogP contribution in [0.3, 0.4) is 0 Å². The Kier molecular flexibility index (Phi) is 4.86. The van der Waals surface area contributed by atoms with E-state index in [0.29, 0.717) is 13.0 Å². The molecule has 2 aromatic rings. The fourth-order valence-corrected chi connectivity index (χ4v) is 2.99. The summed E-state index contributed by atoms with van der Waals surface area (Å²) in [6, 6.07) is 11.7. The van der Waals surface area contributed by atoms with Crippen LogP contribution in [0.15, 0.2) is 54.9 Å². The van der Waals surface area contributed by atoms with Crippen LogP contribution in [0.2, 0.25) is 0 Å². The summed E-state index contributed by atoms with van der Waals surface area (Å²) in [5.74, 6) is -0.552. The summed E-state index contributed by atoms with van der Waals surface area (Å²) in [5.41, 5.74) is 7.07. The van der Waals surface area contributed by atoms with Crippen LogP contribution in [0.5, 0.6) is 0 Å². The number of rotatable bonds is 5. The van der Waals surface area contributed by atoms with Gasteiger partial charge in [0.05, 0.1) is 17.9 Å². The molecule has 0 saturated carbocycles. The molecule has 0 unspecified atom stereocenters. The lowest BCUT2D eigenvalue weighted by molar-refractivity contribution is -0.123. The van der Waals surface area contributed by atoms with Crippen LogP contribution in [0.25, 0.3) is 0 Å². The Morgan fingerprint density at radius 3 is 2.71 bits per heavy atom. The zero-order chi connectivity index (χ0) is 16.9. The van der Waals surface area contributed by atoms with E-state index < -0.39 is 18.0 Å². The van der Waals surface area contributed by atoms with Crippen LogP contribution < -0.4 is 16.0 Å². The number of nitrogens with one attached hydrogen (secondary N) is 1. The first kappa shape index (κ1) is 16.1. The number of nitrogens with two attached hydrogens (primary N) is 1. The SMILES string of the molecule is NC(=O)[C@H](N[C@H]1CCCN(c2cccnc2)C1=O)c1ccccc1. The molecule has 0 bridgehead atoms. The third kappa shape index (κ3) is 3.44. The Morgan fingerprint density at radius 2 is 2.04 bits per heavy atom. The molecule has 0 radical (unpaired) electrons. The van der Waals surface area contributed by atoms with Gasteiger partial charge in [0.25, 0.3) is 0 Å². The molecule has 2 heterocycles. The van der Waals surface area contributed by atoms with Gasteiger partial charge in [0.1, 0.15) is 6.04 Å². The third-order valence-corrected chi connectivity index (χ3v) is 4.18. The van der Waals surface area contributed by atoms with Gasteiger partial charge in [0.15, 0.2) is 0 Å². The van der Waals surface area contributed by atoms with Crippen LogP contribution in [-0.4, -0.2) is 29.4 Å². The highest BCUT2D eigenvalue weighted by atomic mass is 16.2. The van der Waals surface area contributed by atoms with Crippen LogP contribution >= 0.6 is 0 Å². The number of hydrogen-bond acceptors (Lipinski definition) is 4. The van der Waals surface area contributed by atoms with E-state index in [1.807, 2.05) is 36.4 Å². The average Bonchev–Trinajstić information content (AvgIpc) is 2.62. The van der Waals surface area contributed by atoms with Crippen molar-refractivity contribution in [3.63, 3.8) is 0 Å². The number of pyridine rings is 1. The smallest absolute Gasteiger partial charge is 0.244 e. The molecule has 1 aromatic carbocycles. The predicted molar refractivity (Wildman–Crippen MR) is 91.1 cm³/mol. The number of aromatic nitrogens is 1. The van der Waals surface area contributed by atoms with Crippen molar-refractivity contribution in [2.75, 3.05) is 11.4 Å². The minimum Gasteiger partial charge on any atom is -0.368 e. The predicted octanol–water partition coefficient (Wildman–Crippen LogP) is 1.39. The van der Waals surface area contributed by atoms with E-state index in [1.165, 1.54) is 0 Å². The molecule has 6 heteroatoms. The minimum absolute atomic E-state index is 0.0589. The van der Waals surface area contributed by atoms with Gasteiger partial charge in [-0.05, 0) is 30.5 Å². The van der Waals surface area contributed by atoms with Crippen molar-refractivity contribution in [2.24, 2.45) is 5.73 Å². The normalized spacial score (nSPS) is 19.1. The Labute approximate surface area is 140 Å². The van der Waals surface area contributed by atoms with E-state index in [2.05, 4.69) is 10.3 Å². The number of benzene rings is 1. The molecule has 0 aliphatic carbocycles. The number of nitrogens with zero attached hydrogens (tertiary/aromatic N) is 2. The zero-order valence-electron chi connectivity index (χ0n) is 13.3. The highest BCUT2D eigenvalue weighted by Crippen LogP contribution is 2.22. The van der Waals surface area contributed by atoms with Crippen molar-refractivity contribution in [1.29, 1.82) is 0 Å². The van der Waals surface area contributed by atoms with Crippen LogP contribution in [0.4, 0.5) is 5.69 Å². The summed E-state index contributed by atoms with van der Waals surface area (Å²) < 4.78 is 0. The lowest BCUT2D eigenvalue weighted by atomic mass is 10.00. The second-order valence-corrected chi connectivity index (χ2v) is 5.81. The lowest BCUT2D eigenvalue weighted by Crippen LogP contribution is -2.53.